The molecule has 1 aliphatic carbocycles. The molecule has 2 atom stereocenters. The fourth-order valence-corrected chi connectivity index (χ4v) is 4.64. The summed E-state index contributed by atoms with van der Waals surface area (Å²) in [5.74, 6) is 0. The second-order valence-electron chi connectivity index (χ2n) is 6.94. The van der Waals surface area contributed by atoms with E-state index in [4.69, 9.17) is 0 Å². The van der Waals surface area contributed by atoms with Crippen molar-refractivity contribution in [3.63, 3.8) is 0 Å². The lowest BCUT2D eigenvalue weighted by Gasteiger charge is -2.31. The number of fused-ring (bicyclic) bond motifs is 1. The van der Waals surface area contributed by atoms with Crippen LogP contribution >= 0.6 is 0 Å². The zero-order valence-corrected chi connectivity index (χ0v) is 16.4. The van der Waals surface area contributed by atoms with Gasteiger partial charge >= 0.3 is 0 Å². The number of nitrogens with one attached hydrogen (secondary N) is 2. The van der Waals surface area contributed by atoms with Crippen molar-refractivity contribution in [3.8, 4) is 0 Å². The van der Waals surface area contributed by atoms with E-state index in [9.17, 15) is 8.42 Å². The normalized spacial score (nSPS) is 18.5. The van der Waals surface area contributed by atoms with Crippen molar-refractivity contribution in [1.82, 2.24) is 4.72 Å². The monoisotopic (exact) mass is 390 g/mol. The van der Waals surface area contributed by atoms with Crippen LogP contribution in [-0.2, 0) is 10.0 Å². The molecule has 142 valence electrons. The molecule has 4 nitrogen and oxygen atoms in total. The average Bonchev–Trinajstić information content (AvgIpc) is 2.71. The summed E-state index contributed by atoms with van der Waals surface area (Å²) in [6, 6.07) is 23.9. The van der Waals surface area contributed by atoms with Crippen molar-refractivity contribution < 1.29 is 8.42 Å². The molecule has 0 aliphatic heterocycles. The minimum atomic E-state index is -3.67. The van der Waals surface area contributed by atoms with E-state index in [1.807, 2.05) is 85.8 Å². The lowest BCUT2D eigenvalue weighted by Crippen LogP contribution is -2.40. The topological polar surface area (TPSA) is 58.2 Å². The Labute approximate surface area is 166 Å². The molecule has 1 aliphatic rings. The molecule has 0 unspecified atom stereocenters. The molecule has 0 aromatic heterocycles. The lowest BCUT2D eigenvalue weighted by atomic mass is 9.90. The van der Waals surface area contributed by atoms with Gasteiger partial charge in [-0.25, -0.2) is 13.1 Å². The Morgan fingerprint density at radius 2 is 1.50 bits per heavy atom. The summed E-state index contributed by atoms with van der Waals surface area (Å²) in [7, 11) is -3.67. The zero-order valence-electron chi connectivity index (χ0n) is 15.5. The maximum absolute atomic E-state index is 13.1. The highest BCUT2D eigenvalue weighted by atomic mass is 32.2. The lowest BCUT2D eigenvalue weighted by molar-refractivity contribution is 0.541. The van der Waals surface area contributed by atoms with E-state index >= 15 is 0 Å². The highest BCUT2D eigenvalue weighted by molar-refractivity contribution is 7.89. The Morgan fingerprint density at radius 3 is 2.25 bits per heavy atom. The third-order valence-corrected chi connectivity index (χ3v) is 6.35. The molecular formula is C23H22N2O2S. The third-order valence-electron chi connectivity index (χ3n) is 4.89. The standard InChI is InChI=1S/C23H22N2O2S/c1-17-11-14-20(15-12-17)28(26,27)25-23-21-10-6-5-7-18(21)13-16-22(23)24-19-8-3-2-4-9-19/h2-16,22-25H,1H3/t22-,23-/m0/s1. The molecule has 0 bridgehead atoms. The van der Waals surface area contributed by atoms with Crippen molar-refractivity contribution in [2.75, 3.05) is 5.32 Å². The fraction of sp³-hybridized carbons (Fsp3) is 0.130. The van der Waals surface area contributed by atoms with Crippen LogP contribution in [0.25, 0.3) is 6.08 Å². The van der Waals surface area contributed by atoms with Crippen molar-refractivity contribution in [2.45, 2.75) is 23.9 Å². The first-order chi connectivity index (χ1) is 13.5. The molecule has 5 heteroatoms. The van der Waals surface area contributed by atoms with E-state index in [0.717, 1.165) is 22.4 Å². The van der Waals surface area contributed by atoms with Crippen LogP contribution in [0.3, 0.4) is 0 Å². The first-order valence-corrected chi connectivity index (χ1v) is 10.7. The van der Waals surface area contributed by atoms with Crippen LogP contribution < -0.4 is 10.0 Å². The van der Waals surface area contributed by atoms with Crippen molar-refractivity contribution in [1.29, 1.82) is 0 Å². The second kappa shape index (κ2) is 7.62. The molecule has 0 heterocycles. The smallest absolute Gasteiger partial charge is 0.241 e. The predicted molar refractivity (Wildman–Crippen MR) is 114 cm³/mol. The van der Waals surface area contributed by atoms with Crippen molar-refractivity contribution >= 4 is 21.8 Å². The summed E-state index contributed by atoms with van der Waals surface area (Å²) in [6.07, 6.45) is 4.05. The molecule has 0 saturated heterocycles. The van der Waals surface area contributed by atoms with E-state index < -0.39 is 16.1 Å². The van der Waals surface area contributed by atoms with E-state index in [1.165, 1.54) is 0 Å². The van der Waals surface area contributed by atoms with Crippen LogP contribution in [0.5, 0.6) is 0 Å². The van der Waals surface area contributed by atoms with Gasteiger partial charge in [-0.05, 0) is 42.3 Å². The van der Waals surface area contributed by atoms with Gasteiger partial charge in [0.25, 0.3) is 0 Å². The average molecular weight is 391 g/mol. The molecular weight excluding hydrogens is 368 g/mol. The number of benzene rings is 3. The van der Waals surface area contributed by atoms with Gasteiger partial charge in [-0.3, -0.25) is 0 Å². The molecule has 2 N–H and O–H groups in total. The molecule has 0 saturated carbocycles. The highest BCUT2D eigenvalue weighted by Gasteiger charge is 2.30. The highest BCUT2D eigenvalue weighted by Crippen LogP contribution is 2.31. The van der Waals surface area contributed by atoms with E-state index in [1.54, 1.807) is 12.1 Å². The van der Waals surface area contributed by atoms with Crippen LogP contribution in [0.15, 0.2) is 89.8 Å². The van der Waals surface area contributed by atoms with Crippen LogP contribution in [0.2, 0.25) is 0 Å². The minimum Gasteiger partial charge on any atom is -0.377 e. The summed E-state index contributed by atoms with van der Waals surface area (Å²) < 4.78 is 29.0. The van der Waals surface area contributed by atoms with E-state index in [0.29, 0.717) is 0 Å². The van der Waals surface area contributed by atoms with Gasteiger partial charge in [-0.15, -0.1) is 0 Å². The number of hydrogen-bond donors (Lipinski definition) is 2. The first kappa shape index (κ1) is 18.5. The number of hydrogen-bond acceptors (Lipinski definition) is 3. The van der Waals surface area contributed by atoms with Crippen LogP contribution in [0.1, 0.15) is 22.7 Å². The summed E-state index contributed by atoms with van der Waals surface area (Å²) in [6.45, 7) is 1.94. The molecule has 0 fully saturated rings. The van der Waals surface area contributed by atoms with E-state index in [2.05, 4.69) is 10.0 Å². The Hall–Kier alpha value is -2.89. The summed E-state index contributed by atoms with van der Waals surface area (Å²) >= 11 is 0. The minimum absolute atomic E-state index is 0.211. The van der Waals surface area contributed by atoms with Gasteiger partial charge in [-0.1, -0.05) is 72.3 Å². The Kier molecular flexibility index (Phi) is 5.03. The number of para-hydroxylation sites is 1. The number of rotatable bonds is 5. The fourth-order valence-electron chi connectivity index (χ4n) is 3.41. The molecule has 0 spiro atoms. The van der Waals surface area contributed by atoms with Gasteiger partial charge in [-0.2, -0.15) is 0 Å². The second-order valence-corrected chi connectivity index (χ2v) is 8.65. The Morgan fingerprint density at radius 1 is 0.821 bits per heavy atom. The molecule has 0 radical (unpaired) electrons. The molecule has 0 amide bonds. The van der Waals surface area contributed by atoms with Crippen LogP contribution in [-0.4, -0.2) is 14.5 Å². The summed E-state index contributed by atoms with van der Waals surface area (Å²) in [5.41, 5.74) is 3.93. The van der Waals surface area contributed by atoms with E-state index in [-0.39, 0.29) is 10.9 Å². The summed E-state index contributed by atoms with van der Waals surface area (Å²) in [4.78, 5) is 0.267. The van der Waals surface area contributed by atoms with Gasteiger partial charge in [0.2, 0.25) is 10.0 Å². The molecule has 3 aromatic rings. The van der Waals surface area contributed by atoms with Gasteiger partial charge in [0, 0.05) is 5.69 Å². The van der Waals surface area contributed by atoms with Crippen molar-refractivity contribution in [2.24, 2.45) is 0 Å². The van der Waals surface area contributed by atoms with Gasteiger partial charge < -0.3 is 5.32 Å². The summed E-state index contributed by atoms with van der Waals surface area (Å²) in [5, 5.41) is 3.44. The SMILES string of the molecule is Cc1ccc(S(=O)(=O)N[C@H]2c3ccccc3C=C[C@@H]2Nc2ccccc2)cc1. The third kappa shape index (κ3) is 3.86. The quantitative estimate of drug-likeness (QED) is 0.673. The van der Waals surface area contributed by atoms with Gasteiger partial charge in [0.1, 0.15) is 0 Å². The first-order valence-electron chi connectivity index (χ1n) is 9.21. The molecule has 3 aromatic carbocycles. The maximum atomic E-state index is 13.1. The van der Waals surface area contributed by atoms with Crippen LogP contribution in [0, 0.1) is 6.92 Å². The largest absolute Gasteiger partial charge is 0.377 e. The number of anilines is 1. The Balaban J connectivity index is 1.69. The Bertz CT molecular complexity index is 1090. The molecule has 4 rings (SSSR count). The van der Waals surface area contributed by atoms with Crippen molar-refractivity contribution in [3.05, 3.63) is 102 Å². The number of aryl methyl sites for hydroxylation is 1. The van der Waals surface area contributed by atoms with Gasteiger partial charge in [0.05, 0.1) is 17.0 Å². The van der Waals surface area contributed by atoms with Gasteiger partial charge in [0.15, 0.2) is 0 Å². The molecule has 28 heavy (non-hydrogen) atoms. The van der Waals surface area contributed by atoms with Crippen LogP contribution in [0.4, 0.5) is 5.69 Å². The maximum Gasteiger partial charge on any atom is 0.241 e. The zero-order chi connectivity index (χ0) is 19.6. The predicted octanol–water partition coefficient (Wildman–Crippen LogP) is 4.52. The number of sulfonamides is 1.